The van der Waals surface area contributed by atoms with E-state index in [-0.39, 0.29) is 5.91 Å². The molecule has 0 N–H and O–H groups in total. The van der Waals surface area contributed by atoms with Gasteiger partial charge in [-0.3, -0.25) is 4.79 Å². The van der Waals surface area contributed by atoms with E-state index in [4.69, 9.17) is 4.74 Å². The summed E-state index contributed by atoms with van der Waals surface area (Å²) >= 11 is 3.35. The number of benzene rings is 1. The maximum atomic E-state index is 11.7. The monoisotopic (exact) mass is 299 g/mol. The molecule has 0 saturated carbocycles. The minimum atomic E-state index is 0.127. The summed E-state index contributed by atoms with van der Waals surface area (Å²) in [4.78, 5) is 13.4. The Kier molecular flexibility index (Phi) is 6.70. The highest BCUT2D eigenvalue weighted by atomic mass is 79.9. The van der Waals surface area contributed by atoms with Crippen LogP contribution in [0.25, 0.3) is 0 Å². The molecule has 0 radical (unpaired) electrons. The van der Waals surface area contributed by atoms with Crippen LogP contribution in [-0.2, 0) is 4.79 Å². The van der Waals surface area contributed by atoms with Gasteiger partial charge in [-0.1, -0.05) is 34.1 Å². The average molecular weight is 300 g/mol. The summed E-state index contributed by atoms with van der Waals surface area (Å²) in [6, 6.07) is 9.54. The first kappa shape index (κ1) is 14.0. The van der Waals surface area contributed by atoms with E-state index in [0.29, 0.717) is 13.0 Å². The maximum Gasteiger partial charge on any atom is 0.225 e. The number of para-hydroxylation sites is 1. The smallest absolute Gasteiger partial charge is 0.225 e. The molecule has 1 rings (SSSR count). The van der Waals surface area contributed by atoms with E-state index in [1.165, 1.54) is 0 Å². The fourth-order valence-electron chi connectivity index (χ4n) is 1.39. The molecular formula is C13H18BrNO2. The zero-order valence-electron chi connectivity index (χ0n) is 10.1. The van der Waals surface area contributed by atoms with Gasteiger partial charge in [0.05, 0.1) is 13.0 Å². The van der Waals surface area contributed by atoms with Gasteiger partial charge in [-0.25, -0.2) is 0 Å². The lowest BCUT2D eigenvalue weighted by Crippen LogP contribution is -2.29. The van der Waals surface area contributed by atoms with E-state index < -0.39 is 0 Å². The first-order valence-electron chi connectivity index (χ1n) is 5.72. The molecule has 1 amide bonds. The van der Waals surface area contributed by atoms with Gasteiger partial charge in [0.2, 0.25) is 5.91 Å². The molecule has 0 aliphatic carbocycles. The molecule has 0 unspecified atom stereocenters. The lowest BCUT2D eigenvalue weighted by atomic mass is 10.3. The maximum absolute atomic E-state index is 11.7. The average Bonchev–Trinajstić information content (AvgIpc) is 2.37. The minimum Gasteiger partial charge on any atom is -0.493 e. The molecule has 1 aromatic rings. The predicted molar refractivity (Wildman–Crippen MR) is 72.6 cm³/mol. The summed E-state index contributed by atoms with van der Waals surface area (Å²) in [6.07, 6.45) is 1.40. The number of hydrogen-bond donors (Lipinski definition) is 0. The van der Waals surface area contributed by atoms with Crippen molar-refractivity contribution in [2.24, 2.45) is 0 Å². The summed E-state index contributed by atoms with van der Waals surface area (Å²) in [5.41, 5.74) is 0. The van der Waals surface area contributed by atoms with Gasteiger partial charge in [0.15, 0.2) is 0 Å². The van der Waals surface area contributed by atoms with Crippen molar-refractivity contribution in [3.63, 3.8) is 0 Å². The number of carbonyl (C=O) groups excluding carboxylic acids is 1. The molecule has 4 heteroatoms. The Morgan fingerprint density at radius 2 is 2.06 bits per heavy atom. The Morgan fingerprint density at radius 1 is 1.35 bits per heavy atom. The van der Waals surface area contributed by atoms with E-state index >= 15 is 0 Å². The van der Waals surface area contributed by atoms with E-state index in [1.807, 2.05) is 37.4 Å². The summed E-state index contributed by atoms with van der Waals surface area (Å²) in [5, 5.41) is 0.922. The van der Waals surface area contributed by atoms with Crippen LogP contribution in [0.2, 0.25) is 0 Å². The second-order valence-corrected chi connectivity index (χ2v) is 4.56. The largest absolute Gasteiger partial charge is 0.493 e. The van der Waals surface area contributed by atoms with Crippen molar-refractivity contribution in [2.75, 3.05) is 25.5 Å². The third kappa shape index (κ3) is 5.73. The highest BCUT2D eigenvalue weighted by Gasteiger charge is 2.07. The first-order chi connectivity index (χ1) is 8.24. The minimum absolute atomic E-state index is 0.127. The Labute approximate surface area is 111 Å². The molecule has 0 bridgehead atoms. The van der Waals surface area contributed by atoms with Crippen LogP contribution in [0.3, 0.4) is 0 Å². The molecule has 0 heterocycles. The lowest BCUT2D eigenvalue weighted by Gasteiger charge is -2.16. The number of halogens is 1. The number of alkyl halides is 1. The van der Waals surface area contributed by atoms with Crippen LogP contribution in [0, 0.1) is 0 Å². The Balaban J connectivity index is 2.20. The quantitative estimate of drug-likeness (QED) is 0.725. The van der Waals surface area contributed by atoms with Crippen LogP contribution in [-0.4, -0.2) is 36.3 Å². The third-order valence-electron chi connectivity index (χ3n) is 2.38. The van der Waals surface area contributed by atoms with Gasteiger partial charge in [0.1, 0.15) is 5.75 Å². The highest BCUT2D eigenvalue weighted by molar-refractivity contribution is 9.09. The van der Waals surface area contributed by atoms with Crippen LogP contribution in [0.4, 0.5) is 0 Å². The Hall–Kier alpha value is -1.03. The van der Waals surface area contributed by atoms with Crippen LogP contribution in [0.15, 0.2) is 30.3 Å². The summed E-state index contributed by atoms with van der Waals surface area (Å²) in [7, 11) is 1.83. The fourth-order valence-corrected chi connectivity index (χ4v) is 1.64. The zero-order chi connectivity index (χ0) is 12.5. The normalized spacial score (nSPS) is 10.0. The van der Waals surface area contributed by atoms with Crippen molar-refractivity contribution in [3.8, 4) is 5.75 Å². The second-order valence-electron chi connectivity index (χ2n) is 3.77. The van der Waals surface area contributed by atoms with Crippen molar-refractivity contribution in [3.05, 3.63) is 30.3 Å². The van der Waals surface area contributed by atoms with Crippen LogP contribution < -0.4 is 4.74 Å². The number of rotatable bonds is 7. The molecule has 1 aromatic carbocycles. The summed E-state index contributed by atoms with van der Waals surface area (Å²) < 4.78 is 5.47. The van der Waals surface area contributed by atoms with Gasteiger partial charge >= 0.3 is 0 Å². The van der Waals surface area contributed by atoms with Crippen molar-refractivity contribution >= 4 is 21.8 Å². The van der Waals surface area contributed by atoms with Gasteiger partial charge in [-0.05, 0) is 18.6 Å². The first-order valence-corrected chi connectivity index (χ1v) is 6.84. The molecule has 3 nitrogen and oxygen atoms in total. The van der Waals surface area contributed by atoms with Crippen molar-refractivity contribution in [1.29, 1.82) is 0 Å². The molecule has 0 aliphatic rings. The number of hydrogen-bond acceptors (Lipinski definition) is 2. The number of ether oxygens (including phenoxy) is 1. The number of carbonyl (C=O) groups is 1. The van der Waals surface area contributed by atoms with E-state index in [2.05, 4.69) is 15.9 Å². The van der Waals surface area contributed by atoms with E-state index in [0.717, 1.165) is 24.0 Å². The van der Waals surface area contributed by atoms with Crippen molar-refractivity contribution in [2.45, 2.75) is 12.8 Å². The molecule has 0 saturated heterocycles. The van der Waals surface area contributed by atoms with Crippen molar-refractivity contribution < 1.29 is 9.53 Å². The zero-order valence-corrected chi connectivity index (χ0v) is 11.6. The van der Waals surface area contributed by atoms with Gasteiger partial charge in [-0.15, -0.1) is 0 Å². The topological polar surface area (TPSA) is 29.5 Å². The number of amides is 1. The number of nitrogens with zero attached hydrogens (tertiary/aromatic N) is 1. The molecule has 0 spiro atoms. The van der Waals surface area contributed by atoms with Crippen LogP contribution in [0.5, 0.6) is 5.75 Å². The summed E-state index contributed by atoms with van der Waals surface area (Å²) in [6.45, 7) is 1.22. The fraction of sp³-hybridized carbons (Fsp3) is 0.462. The van der Waals surface area contributed by atoms with Crippen LogP contribution in [0.1, 0.15) is 12.8 Å². The summed E-state index contributed by atoms with van der Waals surface area (Å²) in [5.74, 6) is 0.935. The Bertz CT molecular complexity index is 329. The SMILES string of the molecule is CN(CCCBr)C(=O)CCOc1ccccc1. The van der Waals surface area contributed by atoms with Gasteiger partial charge < -0.3 is 9.64 Å². The second kappa shape index (κ2) is 8.12. The molecule has 0 aliphatic heterocycles. The molecule has 94 valence electrons. The Morgan fingerprint density at radius 3 is 2.71 bits per heavy atom. The van der Waals surface area contributed by atoms with E-state index in [1.54, 1.807) is 4.90 Å². The molecule has 0 fully saturated rings. The van der Waals surface area contributed by atoms with Crippen molar-refractivity contribution in [1.82, 2.24) is 4.90 Å². The molecule has 17 heavy (non-hydrogen) atoms. The van der Waals surface area contributed by atoms with Gasteiger partial charge in [0.25, 0.3) is 0 Å². The van der Waals surface area contributed by atoms with Crippen LogP contribution >= 0.6 is 15.9 Å². The van der Waals surface area contributed by atoms with Gasteiger partial charge in [-0.2, -0.15) is 0 Å². The standard InChI is InChI=1S/C13H18BrNO2/c1-15(10-5-9-14)13(16)8-11-17-12-6-3-2-4-7-12/h2-4,6-7H,5,8-11H2,1H3. The lowest BCUT2D eigenvalue weighted by molar-refractivity contribution is -0.130. The third-order valence-corrected chi connectivity index (χ3v) is 2.94. The van der Waals surface area contributed by atoms with E-state index in [9.17, 15) is 4.79 Å². The molecule has 0 aromatic heterocycles. The molecular weight excluding hydrogens is 282 g/mol. The predicted octanol–water partition coefficient (Wildman–Crippen LogP) is 2.70. The van der Waals surface area contributed by atoms with Gasteiger partial charge in [0, 0.05) is 18.9 Å². The highest BCUT2D eigenvalue weighted by Crippen LogP contribution is 2.08. The molecule has 0 atom stereocenters.